The van der Waals surface area contributed by atoms with Crippen LogP contribution in [0.5, 0.6) is 11.5 Å². The molecule has 0 fully saturated rings. The van der Waals surface area contributed by atoms with Crippen molar-refractivity contribution in [2.45, 2.75) is 45.4 Å². The molecule has 0 radical (unpaired) electrons. The molecule has 1 heterocycles. The number of fused-ring (bicyclic) bond motifs is 1. The molecule has 2 aromatic rings. The maximum absolute atomic E-state index is 6.14. The summed E-state index contributed by atoms with van der Waals surface area (Å²) in [6.45, 7) is 7.24. The predicted octanol–water partition coefficient (Wildman–Crippen LogP) is 3.79. The van der Waals surface area contributed by atoms with Gasteiger partial charge in [0.1, 0.15) is 17.1 Å². The second-order valence-corrected chi connectivity index (χ2v) is 7.40. The number of para-hydroxylation sites is 2. The Balaban J connectivity index is 1.69. The molecular formula is C21H27N3O2. The van der Waals surface area contributed by atoms with Crippen molar-refractivity contribution in [3.63, 3.8) is 0 Å². The molecule has 26 heavy (non-hydrogen) atoms. The fourth-order valence-corrected chi connectivity index (χ4v) is 2.95. The normalized spacial score (nSPS) is 17.2. The molecule has 5 heteroatoms. The molecular weight excluding hydrogens is 326 g/mol. The summed E-state index contributed by atoms with van der Waals surface area (Å²) in [6, 6.07) is 16.1. The minimum Gasteiger partial charge on any atom is -0.493 e. The van der Waals surface area contributed by atoms with Gasteiger partial charge in [0.05, 0.1) is 19.2 Å². The number of nitrogens with zero attached hydrogens (tertiary/aromatic N) is 1. The van der Waals surface area contributed by atoms with Gasteiger partial charge in [0.25, 0.3) is 0 Å². The molecule has 1 aliphatic heterocycles. The van der Waals surface area contributed by atoms with Gasteiger partial charge in [-0.25, -0.2) is 4.99 Å². The van der Waals surface area contributed by atoms with Crippen LogP contribution in [-0.4, -0.2) is 18.2 Å². The standard InChI is InChI=1S/C21H27N3O2/c1-21(2,3)26-18-10-6-4-8-15(18)14-23-20(22)24-17-12-13-25-19-11-7-5-9-16(17)19/h4-11,17H,12-14H2,1-3H3,(H3,22,23,24). The molecule has 138 valence electrons. The number of hydrogen-bond acceptors (Lipinski definition) is 3. The van der Waals surface area contributed by atoms with Gasteiger partial charge >= 0.3 is 0 Å². The Labute approximate surface area is 155 Å². The van der Waals surface area contributed by atoms with Crippen LogP contribution in [0.4, 0.5) is 0 Å². The largest absolute Gasteiger partial charge is 0.493 e. The summed E-state index contributed by atoms with van der Waals surface area (Å²) in [5, 5.41) is 3.32. The monoisotopic (exact) mass is 353 g/mol. The lowest BCUT2D eigenvalue weighted by Gasteiger charge is -2.27. The number of aliphatic imine (C=N–C) groups is 1. The van der Waals surface area contributed by atoms with Crippen molar-refractivity contribution in [1.29, 1.82) is 0 Å². The Kier molecular flexibility index (Phi) is 5.35. The van der Waals surface area contributed by atoms with Gasteiger partial charge in [-0.3, -0.25) is 0 Å². The fraction of sp³-hybridized carbons (Fsp3) is 0.381. The zero-order valence-corrected chi connectivity index (χ0v) is 15.7. The van der Waals surface area contributed by atoms with Gasteiger partial charge in [-0.2, -0.15) is 0 Å². The molecule has 0 bridgehead atoms. The Hall–Kier alpha value is -2.69. The Morgan fingerprint density at radius 2 is 1.92 bits per heavy atom. The molecule has 0 spiro atoms. The lowest BCUT2D eigenvalue weighted by atomic mass is 10.0. The zero-order valence-electron chi connectivity index (χ0n) is 15.7. The first-order chi connectivity index (χ1) is 12.4. The van der Waals surface area contributed by atoms with Crippen LogP contribution < -0.4 is 20.5 Å². The first-order valence-corrected chi connectivity index (χ1v) is 8.97. The summed E-state index contributed by atoms with van der Waals surface area (Å²) in [6.07, 6.45) is 0.858. The van der Waals surface area contributed by atoms with E-state index in [4.69, 9.17) is 15.2 Å². The molecule has 0 amide bonds. The highest BCUT2D eigenvalue weighted by molar-refractivity contribution is 5.78. The number of guanidine groups is 1. The third-order valence-electron chi connectivity index (χ3n) is 4.09. The summed E-state index contributed by atoms with van der Waals surface area (Å²) in [4.78, 5) is 4.51. The summed E-state index contributed by atoms with van der Waals surface area (Å²) >= 11 is 0. The topological polar surface area (TPSA) is 68.9 Å². The molecule has 1 unspecified atom stereocenters. The molecule has 1 aliphatic rings. The van der Waals surface area contributed by atoms with E-state index in [1.54, 1.807) is 0 Å². The summed E-state index contributed by atoms with van der Waals surface area (Å²) in [5.41, 5.74) is 8.02. The second kappa shape index (κ2) is 7.68. The van der Waals surface area contributed by atoms with Crippen molar-refractivity contribution in [3.05, 3.63) is 59.7 Å². The lowest BCUT2D eigenvalue weighted by molar-refractivity contribution is 0.129. The number of rotatable bonds is 4. The maximum atomic E-state index is 6.14. The van der Waals surface area contributed by atoms with Crippen molar-refractivity contribution >= 4 is 5.96 Å². The predicted molar refractivity (Wildman–Crippen MR) is 105 cm³/mol. The first kappa shape index (κ1) is 18.1. The van der Waals surface area contributed by atoms with Gasteiger partial charge in [0.15, 0.2) is 5.96 Å². The third-order valence-corrected chi connectivity index (χ3v) is 4.09. The van der Waals surface area contributed by atoms with Crippen LogP contribution in [0.3, 0.4) is 0 Å². The fourth-order valence-electron chi connectivity index (χ4n) is 2.95. The molecule has 3 N–H and O–H groups in total. The Morgan fingerprint density at radius 3 is 2.73 bits per heavy atom. The molecule has 2 aromatic carbocycles. The van der Waals surface area contributed by atoms with E-state index >= 15 is 0 Å². The van der Waals surface area contributed by atoms with Gasteiger partial charge in [-0.1, -0.05) is 36.4 Å². The van der Waals surface area contributed by atoms with Crippen molar-refractivity contribution in [3.8, 4) is 11.5 Å². The molecule has 0 saturated heterocycles. The van der Waals surface area contributed by atoms with Gasteiger partial charge in [0, 0.05) is 17.5 Å². The third kappa shape index (κ3) is 4.69. The zero-order chi connectivity index (χ0) is 18.6. The van der Waals surface area contributed by atoms with Crippen LogP contribution in [-0.2, 0) is 6.54 Å². The average molecular weight is 353 g/mol. The van der Waals surface area contributed by atoms with Crippen molar-refractivity contribution in [2.75, 3.05) is 6.61 Å². The van der Waals surface area contributed by atoms with Crippen molar-refractivity contribution in [1.82, 2.24) is 5.32 Å². The molecule has 0 aromatic heterocycles. The Bertz CT molecular complexity index is 781. The minimum atomic E-state index is -0.255. The van der Waals surface area contributed by atoms with Crippen LogP contribution in [0.15, 0.2) is 53.5 Å². The van der Waals surface area contributed by atoms with Crippen LogP contribution >= 0.6 is 0 Å². The van der Waals surface area contributed by atoms with Gasteiger partial charge in [0.2, 0.25) is 0 Å². The number of hydrogen-bond donors (Lipinski definition) is 2. The number of nitrogens with two attached hydrogens (primary N) is 1. The van der Waals surface area contributed by atoms with Gasteiger partial charge in [-0.15, -0.1) is 0 Å². The summed E-state index contributed by atoms with van der Waals surface area (Å²) < 4.78 is 11.7. The summed E-state index contributed by atoms with van der Waals surface area (Å²) in [5.74, 6) is 2.18. The number of nitrogens with one attached hydrogen (secondary N) is 1. The lowest BCUT2D eigenvalue weighted by Crippen LogP contribution is -2.37. The number of ether oxygens (including phenoxy) is 2. The Morgan fingerprint density at radius 1 is 1.19 bits per heavy atom. The van der Waals surface area contributed by atoms with Crippen LogP contribution in [0.1, 0.15) is 44.4 Å². The SMILES string of the molecule is CC(C)(C)Oc1ccccc1CN=C(N)NC1CCOc2ccccc21. The molecule has 5 nitrogen and oxygen atoms in total. The molecule has 3 rings (SSSR count). The van der Waals surface area contributed by atoms with Crippen molar-refractivity contribution < 1.29 is 9.47 Å². The molecule has 0 saturated carbocycles. The highest BCUT2D eigenvalue weighted by Gasteiger charge is 2.21. The number of benzene rings is 2. The van der Waals surface area contributed by atoms with E-state index in [2.05, 4.69) is 16.4 Å². The first-order valence-electron chi connectivity index (χ1n) is 8.97. The van der Waals surface area contributed by atoms with Crippen LogP contribution in [0.25, 0.3) is 0 Å². The average Bonchev–Trinajstić information content (AvgIpc) is 2.60. The highest BCUT2D eigenvalue weighted by Crippen LogP contribution is 2.31. The van der Waals surface area contributed by atoms with Gasteiger partial charge < -0.3 is 20.5 Å². The van der Waals surface area contributed by atoms with E-state index in [0.29, 0.717) is 19.1 Å². The smallest absolute Gasteiger partial charge is 0.189 e. The quantitative estimate of drug-likeness (QED) is 0.648. The van der Waals surface area contributed by atoms with Crippen molar-refractivity contribution in [2.24, 2.45) is 10.7 Å². The highest BCUT2D eigenvalue weighted by atomic mass is 16.5. The summed E-state index contributed by atoms with van der Waals surface area (Å²) in [7, 11) is 0. The maximum Gasteiger partial charge on any atom is 0.189 e. The second-order valence-electron chi connectivity index (χ2n) is 7.40. The van der Waals surface area contributed by atoms with E-state index in [1.807, 2.05) is 63.2 Å². The molecule has 0 aliphatic carbocycles. The van der Waals surface area contributed by atoms with Crippen LogP contribution in [0, 0.1) is 0 Å². The minimum absolute atomic E-state index is 0.116. The van der Waals surface area contributed by atoms with E-state index < -0.39 is 0 Å². The van der Waals surface area contributed by atoms with Crippen LogP contribution in [0.2, 0.25) is 0 Å². The van der Waals surface area contributed by atoms with Gasteiger partial charge in [-0.05, 0) is 32.9 Å². The molecule has 1 atom stereocenters. The van der Waals surface area contributed by atoms with E-state index in [0.717, 1.165) is 29.0 Å². The van der Waals surface area contributed by atoms with E-state index in [9.17, 15) is 0 Å². The van der Waals surface area contributed by atoms with E-state index in [1.165, 1.54) is 0 Å². The van der Waals surface area contributed by atoms with E-state index in [-0.39, 0.29) is 11.6 Å².